The standard InChI is InChI=1S/C13H16N4O2/c1-4-19-12(18)8-11-9(2)16-17(10(11)3)13-14-6-5-7-15-13/h5-7H,4,8H2,1-3H3. The van der Waals surface area contributed by atoms with Crippen molar-refractivity contribution in [3.63, 3.8) is 0 Å². The molecule has 0 unspecified atom stereocenters. The normalized spacial score (nSPS) is 10.5. The van der Waals surface area contributed by atoms with E-state index < -0.39 is 0 Å². The van der Waals surface area contributed by atoms with Crippen LogP contribution in [0, 0.1) is 13.8 Å². The summed E-state index contributed by atoms with van der Waals surface area (Å²) in [6, 6.07) is 1.74. The molecule has 0 saturated carbocycles. The Morgan fingerprint density at radius 1 is 1.32 bits per heavy atom. The number of carbonyl (C=O) groups excluding carboxylic acids is 1. The van der Waals surface area contributed by atoms with Crippen LogP contribution in [0.3, 0.4) is 0 Å². The summed E-state index contributed by atoms with van der Waals surface area (Å²) < 4.78 is 6.61. The fourth-order valence-electron chi connectivity index (χ4n) is 1.88. The van der Waals surface area contributed by atoms with Crippen LogP contribution in [0.5, 0.6) is 0 Å². The number of aromatic nitrogens is 4. The Hall–Kier alpha value is -2.24. The number of rotatable bonds is 4. The molecule has 0 N–H and O–H groups in total. The maximum Gasteiger partial charge on any atom is 0.310 e. The first-order valence-corrected chi connectivity index (χ1v) is 6.11. The summed E-state index contributed by atoms with van der Waals surface area (Å²) in [5.74, 6) is 0.250. The van der Waals surface area contributed by atoms with Crippen LogP contribution in [0.4, 0.5) is 0 Å². The van der Waals surface area contributed by atoms with Gasteiger partial charge in [-0.25, -0.2) is 14.6 Å². The van der Waals surface area contributed by atoms with E-state index in [0.717, 1.165) is 17.0 Å². The fraction of sp³-hybridized carbons (Fsp3) is 0.385. The van der Waals surface area contributed by atoms with E-state index in [1.165, 1.54) is 0 Å². The SMILES string of the molecule is CCOC(=O)Cc1c(C)nn(-c2ncccn2)c1C. The van der Waals surface area contributed by atoms with Crippen molar-refractivity contribution >= 4 is 5.97 Å². The first-order chi connectivity index (χ1) is 9.13. The highest BCUT2D eigenvalue weighted by molar-refractivity contribution is 5.73. The van der Waals surface area contributed by atoms with Gasteiger partial charge in [0.05, 0.1) is 18.7 Å². The molecule has 0 aliphatic rings. The molecule has 0 aliphatic heterocycles. The lowest BCUT2D eigenvalue weighted by Gasteiger charge is -2.03. The Bertz CT molecular complexity index is 578. The molecule has 19 heavy (non-hydrogen) atoms. The lowest BCUT2D eigenvalue weighted by atomic mass is 10.1. The summed E-state index contributed by atoms with van der Waals surface area (Å²) in [6.07, 6.45) is 3.53. The molecule has 100 valence electrons. The first kappa shape index (κ1) is 13.2. The molecular formula is C13H16N4O2. The average molecular weight is 260 g/mol. The summed E-state index contributed by atoms with van der Waals surface area (Å²) in [5.41, 5.74) is 2.51. The van der Waals surface area contributed by atoms with Crippen LogP contribution in [-0.4, -0.2) is 32.3 Å². The van der Waals surface area contributed by atoms with Gasteiger partial charge in [0.1, 0.15) is 0 Å². The number of hydrogen-bond acceptors (Lipinski definition) is 5. The largest absolute Gasteiger partial charge is 0.466 e. The summed E-state index contributed by atoms with van der Waals surface area (Å²) in [7, 11) is 0. The minimum Gasteiger partial charge on any atom is -0.466 e. The van der Waals surface area contributed by atoms with Crippen molar-refractivity contribution in [3.05, 3.63) is 35.4 Å². The second kappa shape index (κ2) is 5.60. The van der Waals surface area contributed by atoms with Gasteiger partial charge in [0.2, 0.25) is 0 Å². The van der Waals surface area contributed by atoms with Crippen molar-refractivity contribution in [1.82, 2.24) is 19.7 Å². The van der Waals surface area contributed by atoms with Crippen LogP contribution in [0.2, 0.25) is 0 Å². The summed E-state index contributed by atoms with van der Waals surface area (Å²) >= 11 is 0. The van der Waals surface area contributed by atoms with E-state index in [4.69, 9.17) is 4.74 Å². The van der Waals surface area contributed by atoms with Gasteiger partial charge in [-0.1, -0.05) is 0 Å². The zero-order chi connectivity index (χ0) is 13.8. The number of nitrogens with zero attached hydrogens (tertiary/aromatic N) is 4. The summed E-state index contributed by atoms with van der Waals surface area (Å²) in [5, 5.41) is 4.38. The Balaban J connectivity index is 2.33. The first-order valence-electron chi connectivity index (χ1n) is 6.11. The molecular weight excluding hydrogens is 244 g/mol. The molecule has 0 radical (unpaired) electrons. The predicted octanol–water partition coefficient (Wildman–Crippen LogP) is 1.38. The van der Waals surface area contributed by atoms with Gasteiger partial charge in [-0.15, -0.1) is 0 Å². The van der Waals surface area contributed by atoms with Crippen LogP contribution < -0.4 is 0 Å². The average Bonchev–Trinajstić information content (AvgIpc) is 2.68. The van der Waals surface area contributed by atoms with E-state index in [1.54, 1.807) is 30.1 Å². The third-order valence-electron chi connectivity index (χ3n) is 2.81. The maximum absolute atomic E-state index is 11.6. The van der Waals surface area contributed by atoms with Gasteiger partial charge in [-0.2, -0.15) is 5.10 Å². The number of aryl methyl sites for hydroxylation is 1. The molecule has 0 spiro atoms. The highest BCUT2D eigenvalue weighted by atomic mass is 16.5. The molecule has 2 aromatic heterocycles. The van der Waals surface area contributed by atoms with Crippen LogP contribution in [0.1, 0.15) is 23.9 Å². The highest BCUT2D eigenvalue weighted by Gasteiger charge is 2.17. The second-order valence-electron chi connectivity index (χ2n) is 4.09. The minimum atomic E-state index is -0.248. The van der Waals surface area contributed by atoms with Crippen molar-refractivity contribution in [1.29, 1.82) is 0 Å². The van der Waals surface area contributed by atoms with E-state index in [1.807, 2.05) is 13.8 Å². The monoisotopic (exact) mass is 260 g/mol. The van der Waals surface area contributed by atoms with Gasteiger partial charge in [0.15, 0.2) is 0 Å². The zero-order valence-electron chi connectivity index (χ0n) is 11.3. The zero-order valence-corrected chi connectivity index (χ0v) is 11.3. The molecule has 0 fully saturated rings. The Morgan fingerprint density at radius 2 is 2.00 bits per heavy atom. The van der Waals surface area contributed by atoms with E-state index in [2.05, 4.69) is 15.1 Å². The smallest absolute Gasteiger partial charge is 0.310 e. The molecule has 2 aromatic rings. The lowest BCUT2D eigenvalue weighted by molar-refractivity contribution is -0.142. The molecule has 0 amide bonds. The molecule has 0 atom stereocenters. The van der Waals surface area contributed by atoms with E-state index in [9.17, 15) is 4.79 Å². The van der Waals surface area contributed by atoms with Gasteiger partial charge < -0.3 is 4.74 Å². The van der Waals surface area contributed by atoms with Crippen molar-refractivity contribution in [2.45, 2.75) is 27.2 Å². The number of ether oxygens (including phenoxy) is 1. The minimum absolute atomic E-state index is 0.221. The fourth-order valence-corrected chi connectivity index (χ4v) is 1.88. The molecule has 6 nitrogen and oxygen atoms in total. The van der Waals surface area contributed by atoms with Gasteiger partial charge in [-0.05, 0) is 26.8 Å². The predicted molar refractivity (Wildman–Crippen MR) is 69.0 cm³/mol. The van der Waals surface area contributed by atoms with Crippen molar-refractivity contribution < 1.29 is 9.53 Å². The maximum atomic E-state index is 11.6. The van der Waals surface area contributed by atoms with Crippen LogP contribution in [0.25, 0.3) is 5.95 Å². The molecule has 0 bridgehead atoms. The van der Waals surface area contributed by atoms with E-state index in [0.29, 0.717) is 12.6 Å². The Labute approximate surface area is 111 Å². The highest BCUT2D eigenvalue weighted by Crippen LogP contribution is 2.16. The van der Waals surface area contributed by atoms with Gasteiger partial charge in [0.25, 0.3) is 5.95 Å². The van der Waals surface area contributed by atoms with Crippen molar-refractivity contribution in [2.24, 2.45) is 0 Å². The van der Waals surface area contributed by atoms with Gasteiger partial charge in [-0.3, -0.25) is 4.79 Å². The summed E-state index contributed by atoms with van der Waals surface area (Å²) in [4.78, 5) is 19.9. The van der Waals surface area contributed by atoms with Crippen LogP contribution in [-0.2, 0) is 16.0 Å². The topological polar surface area (TPSA) is 69.9 Å². The quantitative estimate of drug-likeness (QED) is 0.777. The van der Waals surface area contributed by atoms with Crippen LogP contribution >= 0.6 is 0 Å². The number of esters is 1. The van der Waals surface area contributed by atoms with Crippen LogP contribution in [0.15, 0.2) is 18.5 Å². The summed E-state index contributed by atoms with van der Waals surface area (Å²) in [6.45, 7) is 5.93. The Morgan fingerprint density at radius 3 is 2.63 bits per heavy atom. The number of hydrogen-bond donors (Lipinski definition) is 0. The molecule has 2 rings (SSSR count). The van der Waals surface area contributed by atoms with E-state index in [-0.39, 0.29) is 12.4 Å². The third kappa shape index (κ3) is 2.78. The molecule has 0 aromatic carbocycles. The number of carbonyl (C=O) groups is 1. The Kier molecular flexibility index (Phi) is 3.89. The molecule has 0 aliphatic carbocycles. The molecule has 0 saturated heterocycles. The third-order valence-corrected chi connectivity index (χ3v) is 2.81. The van der Waals surface area contributed by atoms with Crippen molar-refractivity contribution in [3.8, 4) is 5.95 Å². The van der Waals surface area contributed by atoms with E-state index >= 15 is 0 Å². The second-order valence-corrected chi connectivity index (χ2v) is 4.09. The van der Waals surface area contributed by atoms with Gasteiger partial charge in [0, 0.05) is 23.7 Å². The van der Waals surface area contributed by atoms with Crippen molar-refractivity contribution in [2.75, 3.05) is 6.61 Å². The lowest BCUT2D eigenvalue weighted by Crippen LogP contribution is -2.09. The molecule has 6 heteroatoms. The van der Waals surface area contributed by atoms with Gasteiger partial charge >= 0.3 is 5.97 Å². The molecule has 2 heterocycles.